The summed E-state index contributed by atoms with van der Waals surface area (Å²) >= 11 is 0. The van der Waals surface area contributed by atoms with Crippen molar-refractivity contribution < 1.29 is 9.90 Å². The van der Waals surface area contributed by atoms with Crippen LogP contribution in [0.4, 0.5) is 0 Å². The van der Waals surface area contributed by atoms with Crippen LogP contribution in [0, 0.1) is 39.9 Å². The zero-order chi connectivity index (χ0) is 18.2. The third-order valence-electron chi connectivity index (χ3n) is 9.99. The maximum absolute atomic E-state index is 12.7. The molecular weight excluding hydrogens is 308 g/mol. The first kappa shape index (κ1) is 17.8. The van der Waals surface area contributed by atoms with Crippen molar-refractivity contribution in [3.05, 3.63) is 11.6 Å². The average Bonchev–Trinajstić information content (AvgIpc) is 2.77. The van der Waals surface area contributed by atoms with Gasteiger partial charge < -0.3 is 5.11 Å². The van der Waals surface area contributed by atoms with E-state index in [1.807, 2.05) is 6.92 Å². The molecule has 4 rings (SSSR count). The Balaban J connectivity index is 1.71. The molecule has 25 heavy (non-hydrogen) atoms. The molecule has 0 saturated heterocycles. The van der Waals surface area contributed by atoms with E-state index in [-0.39, 0.29) is 16.9 Å². The Morgan fingerprint density at radius 3 is 2.52 bits per heavy atom. The highest BCUT2D eigenvalue weighted by molar-refractivity contribution is 5.83. The molecule has 0 aromatic rings. The molecule has 8 atom stereocenters. The van der Waals surface area contributed by atoms with Crippen LogP contribution in [0.3, 0.4) is 0 Å². The molecule has 0 aliphatic heterocycles. The standard InChI is InChI=1S/C23H36O2/c1-14-12-20-18-7-6-16-13-17(25)8-10-21(16,3)19(18)9-11-22(20,4)23(14,5)15(2)24/h13-14,17-20,25H,6-12H2,1-5H3/t14-,17+,18-,19-,20-,21+,22+,23-/m1/s1. The summed E-state index contributed by atoms with van der Waals surface area (Å²) in [7, 11) is 0. The van der Waals surface area contributed by atoms with Crippen LogP contribution in [-0.2, 0) is 4.79 Å². The second-order valence-electron chi connectivity index (χ2n) is 10.5. The van der Waals surface area contributed by atoms with Gasteiger partial charge in [0.2, 0.25) is 0 Å². The first-order valence-electron chi connectivity index (χ1n) is 10.5. The van der Waals surface area contributed by atoms with E-state index < -0.39 is 0 Å². The molecule has 140 valence electrons. The van der Waals surface area contributed by atoms with Crippen molar-refractivity contribution >= 4 is 5.78 Å². The lowest BCUT2D eigenvalue weighted by Gasteiger charge is -2.59. The molecule has 4 aliphatic rings. The second kappa shape index (κ2) is 5.44. The molecule has 0 heterocycles. The Hall–Kier alpha value is -0.630. The second-order valence-corrected chi connectivity index (χ2v) is 10.5. The number of carbonyl (C=O) groups excluding carboxylic acids is 1. The van der Waals surface area contributed by atoms with Gasteiger partial charge in [0.1, 0.15) is 5.78 Å². The summed E-state index contributed by atoms with van der Waals surface area (Å²) < 4.78 is 0. The third kappa shape index (κ3) is 2.10. The lowest BCUT2D eigenvalue weighted by atomic mass is 9.45. The molecule has 0 radical (unpaired) electrons. The summed E-state index contributed by atoms with van der Waals surface area (Å²) in [5.41, 5.74) is 1.85. The first-order chi connectivity index (χ1) is 11.6. The summed E-state index contributed by atoms with van der Waals surface area (Å²) in [6, 6.07) is 0. The van der Waals surface area contributed by atoms with Gasteiger partial charge in [-0.2, -0.15) is 0 Å². The molecule has 0 unspecified atom stereocenters. The Morgan fingerprint density at radius 2 is 1.84 bits per heavy atom. The van der Waals surface area contributed by atoms with Crippen LogP contribution in [0.1, 0.15) is 79.6 Å². The van der Waals surface area contributed by atoms with Crippen LogP contribution >= 0.6 is 0 Å². The summed E-state index contributed by atoms with van der Waals surface area (Å²) in [5, 5.41) is 10.1. The van der Waals surface area contributed by atoms with E-state index >= 15 is 0 Å². The van der Waals surface area contributed by atoms with Crippen LogP contribution in [0.15, 0.2) is 11.6 Å². The smallest absolute Gasteiger partial charge is 0.136 e. The SMILES string of the molecule is CC(=O)[C@@]1(C)[C@H](C)C[C@@H]2[C@@H]3CCC4=C[C@@H](O)CC[C@]4(C)[C@@H]3CC[C@@]21C. The minimum absolute atomic E-state index is 0.150. The number of hydrogen-bond acceptors (Lipinski definition) is 2. The predicted molar refractivity (Wildman–Crippen MR) is 101 cm³/mol. The fraction of sp³-hybridized carbons (Fsp3) is 0.870. The third-order valence-corrected chi connectivity index (χ3v) is 9.99. The molecule has 2 nitrogen and oxygen atoms in total. The summed E-state index contributed by atoms with van der Waals surface area (Å²) in [4.78, 5) is 12.7. The van der Waals surface area contributed by atoms with Crippen molar-refractivity contribution in [2.45, 2.75) is 85.7 Å². The van der Waals surface area contributed by atoms with Crippen molar-refractivity contribution in [1.29, 1.82) is 0 Å². The van der Waals surface area contributed by atoms with Crippen molar-refractivity contribution in [3.8, 4) is 0 Å². The highest BCUT2D eigenvalue weighted by atomic mass is 16.3. The first-order valence-corrected chi connectivity index (χ1v) is 10.5. The monoisotopic (exact) mass is 344 g/mol. The van der Waals surface area contributed by atoms with E-state index in [0.717, 1.165) is 31.1 Å². The average molecular weight is 345 g/mol. The maximum atomic E-state index is 12.7. The van der Waals surface area contributed by atoms with E-state index in [1.165, 1.54) is 31.3 Å². The number of hydrogen-bond donors (Lipinski definition) is 1. The molecule has 4 aliphatic carbocycles. The number of Topliss-reactive ketones (excluding diaryl/α,β-unsaturated/α-hetero) is 1. The molecule has 0 aromatic heterocycles. The summed E-state index contributed by atoms with van der Waals surface area (Å²) in [6.45, 7) is 11.4. The number of ketones is 1. The zero-order valence-electron chi connectivity index (χ0n) is 16.8. The fourth-order valence-corrected chi connectivity index (χ4v) is 8.04. The Kier molecular flexibility index (Phi) is 3.87. The molecule has 0 aromatic carbocycles. The summed E-state index contributed by atoms with van der Waals surface area (Å²) in [6.07, 6.45) is 10.1. The fourth-order valence-electron chi connectivity index (χ4n) is 8.04. The molecule has 3 saturated carbocycles. The van der Waals surface area contributed by atoms with Crippen molar-refractivity contribution in [1.82, 2.24) is 0 Å². The van der Waals surface area contributed by atoms with Crippen LogP contribution in [0.2, 0.25) is 0 Å². The number of fused-ring (bicyclic) bond motifs is 5. The lowest BCUT2D eigenvalue weighted by molar-refractivity contribution is -0.141. The van der Waals surface area contributed by atoms with Gasteiger partial charge in [-0.25, -0.2) is 0 Å². The van der Waals surface area contributed by atoms with Gasteiger partial charge in [-0.15, -0.1) is 0 Å². The van der Waals surface area contributed by atoms with Crippen molar-refractivity contribution in [2.75, 3.05) is 0 Å². The van der Waals surface area contributed by atoms with Gasteiger partial charge in [0.15, 0.2) is 0 Å². The Morgan fingerprint density at radius 1 is 1.12 bits per heavy atom. The minimum Gasteiger partial charge on any atom is -0.389 e. The number of aliphatic hydroxyl groups excluding tert-OH is 1. The molecule has 3 fully saturated rings. The van der Waals surface area contributed by atoms with E-state index in [1.54, 1.807) is 0 Å². The topological polar surface area (TPSA) is 37.3 Å². The van der Waals surface area contributed by atoms with Crippen molar-refractivity contribution in [2.24, 2.45) is 39.9 Å². The van der Waals surface area contributed by atoms with Crippen LogP contribution < -0.4 is 0 Å². The van der Waals surface area contributed by atoms with Gasteiger partial charge in [-0.05, 0) is 86.4 Å². The minimum atomic E-state index is -0.221. The number of carbonyl (C=O) groups is 1. The van der Waals surface area contributed by atoms with Gasteiger partial charge >= 0.3 is 0 Å². The van der Waals surface area contributed by atoms with Crippen LogP contribution in [0.25, 0.3) is 0 Å². The normalized spacial score (nSPS) is 55.0. The van der Waals surface area contributed by atoms with Gasteiger partial charge in [0.05, 0.1) is 6.10 Å². The largest absolute Gasteiger partial charge is 0.389 e. The number of allylic oxidation sites excluding steroid dienone is 1. The maximum Gasteiger partial charge on any atom is 0.136 e. The quantitative estimate of drug-likeness (QED) is 0.668. The van der Waals surface area contributed by atoms with Gasteiger partial charge in [-0.1, -0.05) is 39.3 Å². The molecule has 0 bridgehead atoms. The molecule has 0 amide bonds. The predicted octanol–water partition coefficient (Wildman–Crippen LogP) is 5.15. The highest BCUT2D eigenvalue weighted by Gasteiger charge is 2.66. The number of aliphatic hydroxyl groups is 1. The molecule has 1 N–H and O–H groups in total. The highest BCUT2D eigenvalue weighted by Crippen LogP contribution is 2.71. The summed E-state index contributed by atoms with van der Waals surface area (Å²) in [5.74, 6) is 3.11. The molecule has 2 heteroatoms. The van der Waals surface area contributed by atoms with E-state index in [0.29, 0.717) is 23.0 Å². The van der Waals surface area contributed by atoms with Gasteiger partial charge in [0.25, 0.3) is 0 Å². The Labute approximate surface area is 153 Å². The van der Waals surface area contributed by atoms with Gasteiger partial charge in [-0.3, -0.25) is 4.79 Å². The van der Waals surface area contributed by atoms with Crippen LogP contribution in [0.5, 0.6) is 0 Å². The molecule has 0 spiro atoms. The van der Waals surface area contributed by atoms with Crippen molar-refractivity contribution in [3.63, 3.8) is 0 Å². The van der Waals surface area contributed by atoms with E-state index in [2.05, 4.69) is 33.8 Å². The van der Waals surface area contributed by atoms with Crippen LogP contribution in [-0.4, -0.2) is 17.0 Å². The van der Waals surface area contributed by atoms with E-state index in [4.69, 9.17) is 0 Å². The lowest BCUT2D eigenvalue weighted by Crippen LogP contribution is -2.54. The van der Waals surface area contributed by atoms with E-state index in [9.17, 15) is 9.90 Å². The zero-order valence-corrected chi connectivity index (χ0v) is 16.8. The Bertz CT molecular complexity index is 622. The number of rotatable bonds is 1. The molecular formula is C23H36O2. The van der Waals surface area contributed by atoms with Gasteiger partial charge in [0, 0.05) is 5.41 Å².